The zero-order chi connectivity index (χ0) is 20.1. The number of carbonyl (C=O) groups is 2. The SMILES string of the molecule is O=C(NCCC1=CCCCC1)C1CCC(C(=O)N2CCc3ccccc3C2)CC1. The zero-order valence-corrected chi connectivity index (χ0v) is 17.5. The second-order valence-corrected chi connectivity index (χ2v) is 8.98. The summed E-state index contributed by atoms with van der Waals surface area (Å²) < 4.78 is 0. The van der Waals surface area contributed by atoms with Crippen LogP contribution in [-0.4, -0.2) is 29.8 Å². The molecule has 1 aliphatic heterocycles. The Labute approximate surface area is 174 Å². The minimum Gasteiger partial charge on any atom is -0.356 e. The molecule has 2 aliphatic carbocycles. The van der Waals surface area contributed by atoms with E-state index in [9.17, 15) is 9.59 Å². The first kappa shape index (κ1) is 20.2. The average molecular weight is 395 g/mol. The molecule has 29 heavy (non-hydrogen) atoms. The van der Waals surface area contributed by atoms with Gasteiger partial charge in [-0.15, -0.1) is 0 Å². The van der Waals surface area contributed by atoms with Crippen molar-refractivity contribution in [3.63, 3.8) is 0 Å². The van der Waals surface area contributed by atoms with E-state index in [1.807, 2.05) is 4.90 Å². The molecule has 4 heteroatoms. The molecule has 4 rings (SSSR count). The average Bonchev–Trinajstić information content (AvgIpc) is 2.79. The van der Waals surface area contributed by atoms with Crippen molar-refractivity contribution in [3.8, 4) is 0 Å². The van der Waals surface area contributed by atoms with Crippen molar-refractivity contribution in [2.24, 2.45) is 11.8 Å². The molecule has 1 N–H and O–H groups in total. The van der Waals surface area contributed by atoms with Crippen LogP contribution in [0.2, 0.25) is 0 Å². The third-order valence-corrected chi connectivity index (χ3v) is 7.02. The number of amides is 2. The molecule has 0 radical (unpaired) electrons. The van der Waals surface area contributed by atoms with Crippen molar-refractivity contribution < 1.29 is 9.59 Å². The predicted octanol–water partition coefficient (Wildman–Crippen LogP) is 4.38. The van der Waals surface area contributed by atoms with Gasteiger partial charge in [0.15, 0.2) is 0 Å². The lowest BCUT2D eigenvalue weighted by Crippen LogP contribution is -2.42. The highest BCUT2D eigenvalue weighted by Gasteiger charge is 2.33. The normalized spacial score (nSPS) is 24.4. The number of carbonyl (C=O) groups excluding carboxylic acids is 2. The van der Waals surface area contributed by atoms with Crippen LogP contribution in [0.3, 0.4) is 0 Å². The molecule has 156 valence electrons. The van der Waals surface area contributed by atoms with E-state index >= 15 is 0 Å². The second-order valence-electron chi connectivity index (χ2n) is 8.98. The number of allylic oxidation sites excluding steroid dienone is 1. The summed E-state index contributed by atoms with van der Waals surface area (Å²) in [5, 5.41) is 3.14. The smallest absolute Gasteiger partial charge is 0.225 e. The molecule has 1 heterocycles. The van der Waals surface area contributed by atoms with Crippen molar-refractivity contribution >= 4 is 11.8 Å². The van der Waals surface area contributed by atoms with Gasteiger partial charge >= 0.3 is 0 Å². The molecule has 0 unspecified atom stereocenters. The highest BCUT2D eigenvalue weighted by atomic mass is 16.2. The number of hydrogen-bond donors (Lipinski definition) is 1. The minimum atomic E-state index is 0.0847. The molecule has 0 aromatic heterocycles. The van der Waals surface area contributed by atoms with Gasteiger partial charge in [0.25, 0.3) is 0 Å². The Morgan fingerprint density at radius 2 is 1.72 bits per heavy atom. The summed E-state index contributed by atoms with van der Waals surface area (Å²) in [5.74, 6) is 0.667. The lowest BCUT2D eigenvalue weighted by molar-refractivity contribution is -0.139. The van der Waals surface area contributed by atoms with Gasteiger partial charge in [-0.2, -0.15) is 0 Å². The fraction of sp³-hybridized carbons (Fsp3) is 0.600. The monoisotopic (exact) mass is 394 g/mol. The maximum atomic E-state index is 13.0. The topological polar surface area (TPSA) is 49.4 Å². The van der Waals surface area contributed by atoms with E-state index in [1.165, 1.54) is 42.4 Å². The molecule has 1 aromatic rings. The van der Waals surface area contributed by atoms with E-state index in [0.717, 1.165) is 58.2 Å². The molecular formula is C25H34N2O2. The fourth-order valence-electron chi connectivity index (χ4n) is 5.17. The predicted molar refractivity (Wildman–Crippen MR) is 115 cm³/mol. The van der Waals surface area contributed by atoms with Gasteiger partial charge in [-0.1, -0.05) is 35.9 Å². The first-order valence-electron chi connectivity index (χ1n) is 11.5. The Balaban J connectivity index is 1.20. The number of benzene rings is 1. The van der Waals surface area contributed by atoms with Crippen LogP contribution >= 0.6 is 0 Å². The van der Waals surface area contributed by atoms with Crippen molar-refractivity contribution in [2.75, 3.05) is 13.1 Å². The summed E-state index contributed by atoms with van der Waals surface area (Å²) in [6, 6.07) is 8.45. The minimum absolute atomic E-state index is 0.0847. The maximum Gasteiger partial charge on any atom is 0.225 e. The molecule has 1 saturated carbocycles. The summed E-state index contributed by atoms with van der Waals surface area (Å²) in [7, 11) is 0. The van der Waals surface area contributed by atoms with Gasteiger partial charge in [-0.05, 0) is 75.3 Å². The van der Waals surface area contributed by atoms with Crippen molar-refractivity contribution in [3.05, 3.63) is 47.0 Å². The molecule has 2 amide bonds. The number of nitrogens with one attached hydrogen (secondary N) is 1. The second kappa shape index (κ2) is 9.60. The molecule has 4 nitrogen and oxygen atoms in total. The third kappa shape index (κ3) is 5.09. The van der Waals surface area contributed by atoms with Gasteiger partial charge in [0.1, 0.15) is 0 Å². The van der Waals surface area contributed by atoms with Crippen molar-refractivity contribution in [1.29, 1.82) is 0 Å². The molecule has 0 bridgehead atoms. The van der Waals surface area contributed by atoms with Gasteiger partial charge in [0.2, 0.25) is 11.8 Å². The molecule has 1 fully saturated rings. The van der Waals surface area contributed by atoms with E-state index < -0.39 is 0 Å². The van der Waals surface area contributed by atoms with Crippen LogP contribution in [-0.2, 0) is 22.6 Å². The van der Waals surface area contributed by atoms with Gasteiger partial charge in [-0.25, -0.2) is 0 Å². The van der Waals surface area contributed by atoms with Crippen LogP contribution < -0.4 is 5.32 Å². The quantitative estimate of drug-likeness (QED) is 0.753. The van der Waals surface area contributed by atoms with E-state index in [2.05, 4.69) is 35.7 Å². The fourth-order valence-corrected chi connectivity index (χ4v) is 5.17. The summed E-state index contributed by atoms with van der Waals surface area (Å²) in [6.45, 7) is 2.33. The maximum absolute atomic E-state index is 13.0. The number of rotatable bonds is 5. The van der Waals surface area contributed by atoms with Crippen molar-refractivity contribution in [1.82, 2.24) is 10.2 Å². The van der Waals surface area contributed by atoms with Crippen molar-refractivity contribution in [2.45, 2.75) is 70.8 Å². The van der Waals surface area contributed by atoms with E-state index in [-0.39, 0.29) is 17.7 Å². The largest absolute Gasteiger partial charge is 0.356 e. The Bertz CT molecular complexity index is 762. The van der Waals surface area contributed by atoms with Gasteiger partial charge in [0.05, 0.1) is 0 Å². The van der Waals surface area contributed by atoms with Crippen LogP contribution in [0.25, 0.3) is 0 Å². The summed E-state index contributed by atoms with van der Waals surface area (Å²) in [4.78, 5) is 27.6. The summed E-state index contributed by atoms with van der Waals surface area (Å²) in [6.07, 6.45) is 12.7. The summed E-state index contributed by atoms with van der Waals surface area (Å²) in [5.41, 5.74) is 4.17. The van der Waals surface area contributed by atoms with Crippen LogP contribution in [0.4, 0.5) is 0 Å². The molecule has 3 aliphatic rings. The third-order valence-electron chi connectivity index (χ3n) is 7.02. The molecule has 1 aromatic carbocycles. The van der Waals surface area contributed by atoms with Gasteiger partial charge in [0, 0.05) is 31.5 Å². The number of nitrogens with zero attached hydrogens (tertiary/aromatic N) is 1. The van der Waals surface area contributed by atoms with Crippen LogP contribution in [0, 0.1) is 11.8 Å². The number of hydrogen-bond acceptors (Lipinski definition) is 2. The highest BCUT2D eigenvalue weighted by Crippen LogP contribution is 2.31. The number of fused-ring (bicyclic) bond motifs is 1. The molecule has 0 saturated heterocycles. The highest BCUT2D eigenvalue weighted by molar-refractivity contribution is 5.81. The molecule has 0 atom stereocenters. The molecule has 0 spiro atoms. The first-order chi connectivity index (χ1) is 14.2. The van der Waals surface area contributed by atoms with Gasteiger partial charge < -0.3 is 10.2 Å². The van der Waals surface area contributed by atoms with E-state index in [0.29, 0.717) is 5.91 Å². The van der Waals surface area contributed by atoms with Crippen LogP contribution in [0.5, 0.6) is 0 Å². The standard InChI is InChI=1S/C25H34N2O2/c28-24(26-16-14-19-6-2-1-3-7-19)21-10-12-22(13-11-21)25(29)27-17-15-20-8-4-5-9-23(20)18-27/h4-6,8-9,21-22H,1-3,7,10-18H2,(H,26,28). The van der Waals surface area contributed by atoms with Crippen LogP contribution in [0.15, 0.2) is 35.9 Å². The van der Waals surface area contributed by atoms with E-state index in [1.54, 1.807) is 0 Å². The molecular weight excluding hydrogens is 360 g/mol. The lowest BCUT2D eigenvalue weighted by atomic mass is 9.80. The Morgan fingerprint density at radius 3 is 2.48 bits per heavy atom. The Hall–Kier alpha value is -2.10. The summed E-state index contributed by atoms with van der Waals surface area (Å²) >= 11 is 0. The lowest BCUT2D eigenvalue weighted by Gasteiger charge is -2.34. The first-order valence-corrected chi connectivity index (χ1v) is 11.5. The van der Waals surface area contributed by atoms with E-state index in [4.69, 9.17) is 0 Å². The van der Waals surface area contributed by atoms with Crippen LogP contribution in [0.1, 0.15) is 68.9 Å². The van der Waals surface area contributed by atoms with Gasteiger partial charge in [-0.3, -0.25) is 9.59 Å². The zero-order valence-electron chi connectivity index (χ0n) is 17.5. The Kier molecular flexibility index (Phi) is 6.68. The Morgan fingerprint density at radius 1 is 0.966 bits per heavy atom.